The molecule has 17 heavy (non-hydrogen) atoms. The van der Waals surface area contributed by atoms with Gasteiger partial charge in [-0.1, -0.05) is 6.92 Å². The van der Waals surface area contributed by atoms with Gasteiger partial charge in [-0.25, -0.2) is 0 Å². The van der Waals surface area contributed by atoms with Crippen molar-refractivity contribution in [1.29, 1.82) is 0 Å². The molecule has 1 aromatic heterocycles. The second kappa shape index (κ2) is 4.78. The van der Waals surface area contributed by atoms with Crippen LogP contribution in [-0.2, 0) is 7.05 Å². The molecule has 4 heteroatoms. The lowest BCUT2D eigenvalue weighted by molar-refractivity contribution is 0.124. The lowest BCUT2D eigenvalue weighted by Crippen LogP contribution is -2.46. The minimum absolute atomic E-state index is 0.369. The molecule has 2 rings (SSSR count). The number of nitrogens with zero attached hydrogens (tertiary/aromatic N) is 3. The van der Waals surface area contributed by atoms with E-state index in [4.69, 9.17) is 5.73 Å². The molecule has 1 fully saturated rings. The largest absolute Gasteiger partial charge is 0.327 e. The molecule has 0 bridgehead atoms. The van der Waals surface area contributed by atoms with E-state index in [1.807, 2.05) is 11.7 Å². The molecule has 96 valence electrons. The van der Waals surface area contributed by atoms with Crippen molar-refractivity contribution in [3.63, 3.8) is 0 Å². The van der Waals surface area contributed by atoms with Crippen LogP contribution in [0.4, 0.5) is 0 Å². The molecule has 0 aliphatic carbocycles. The molecule has 2 heterocycles. The molecule has 0 amide bonds. The zero-order valence-electron chi connectivity index (χ0n) is 11.3. The molecule has 1 saturated heterocycles. The van der Waals surface area contributed by atoms with E-state index in [9.17, 15) is 0 Å². The first-order valence-electron chi connectivity index (χ1n) is 6.48. The molecular formula is C13H24N4. The second-order valence-electron chi connectivity index (χ2n) is 5.44. The van der Waals surface area contributed by atoms with E-state index in [0.717, 1.165) is 25.2 Å². The average Bonchev–Trinajstić information content (AvgIpc) is 2.61. The predicted octanol–water partition coefficient (Wildman–Crippen LogP) is 1.46. The summed E-state index contributed by atoms with van der Waals surface area (Å²) in [6, 6.07) is 0.812. The van der Waals surface area contributed by atoms with Gasteiger partial charge in [-0.3, -0.25) is 9.58 Å². The van der Waals surface area contributed by atoms with Crippen LogP contribution >= 0.6 is 0 Å². The smallest absolute Gasteiger partial charge is 0.0641 e. The van der Waals surface area contributed by atoms with Crippen molar-refractivity contribution in [2.45, 2.75) is 39.3 Å². The standard InChI is InChI=1S/C13H24N4/c1-9-7-17(6-5-13(9)14)11(3)12-8-16(4)15-10(12)2/h8-9,11,13H,5-7,14H2,1-4H3. The number of hydrogen-bond donors (Lipinski definition) is 1. The van der Waals surface area contributed by atoms with E-state index < -0.39 is 0 Å². The van der Waals surface area contributed by atoms with E-state index in [1.165, 1.54) is 5.56 Å². The number of hydrogen-bond acceptors (Lipinski definition) is 3. The molecule has 0 spiro atoms. The summed E-state index contributed by atoms with van der Waals surface area (Å²) in [5.74, 6) is 0.586. The van der Waals surface area contributed by atoms with Crippen molar-refractivity contribution in [2.24, 2.45) is 18.7 Å². The minimum atomic E-state index is 0.369. The van der Waals surface area contributed by atoms with Crippen LogP contribution in [0.3, 0.4) is 0 Å². The number of likely N-dealkylation sites (tertiary alicyclic amines) is 1. The summed E-state index contributed by atoms with van der Waals surface area (Å²) in [6.07, 6.45) is 3.24. The molecule has 1 aliphatic heterocycles. The summed E-state index contributed by atoms with van der Waals surface area (Å²) in [4.78, 5) is 2.53. The number of piperidine rings is 1. The zero-order valence-corrected chi connectivity index (χ0v) is 11.3. The summed E-state index contributed by atoms with van der Waals surface area (Å²) in [5, 5.41) is 4.43. The van der Waals surface area contributed by atoms with Gasteiger partial charge >= 0.3 is 0 Å². The van der Waals surface area contributed by atoms with Crippen molar-refractivity contribution in [3.8, 4) is 0 Å². The molecule has 3 atom stereocenters. The van der Waals surface area contributed by atoms with Crippen molar-refractivity contribution in [3.05, 3.63) is 17.5 Å². The first kappa shape index (κ1) is 12.6. The Morgan fingerprint density at radius 1 is 1.53 bits per heavy atom. The Balaban J connectivity index is 2.10. The lowest BCUT2D eigenvalue weighted by Gasteiger charge is -2.38. The van der Waals surface area contributed by atoms with E-state index in [2.05, 4.69) is 37.0 Å². The van der Waals surface area contributed by atoms with E-state index in [0.29, 0.717) is 18.0 Å². The van der Waals surface area contributed by atoms with Crippen molar-refractivity contribution in [1.82, 2.24) is 14.7 Å². The van der Waals surface area contributed by atoms with Crippen molar-refractivity contribution < 1.29 is 0 Å². The highest BCUT2D eigenvalue weighted by atomic mass is 15.3. The normalized spacial score (nSPS) is 28.3. The Morgan fingerprint density at radius 3 is 2.76 bits per heavy atom. The highest BCUT2D eigenvalue weighted by Gasteiger charge is 2.27. The van der Waals surface area contributed by atoms with E-state index in [1.54, 1.807) is 0 Å². The van der Waals surface area contributed by atoms with Crippen LogP contribution in [0.15, 0.2) is 6.20 Å². The van der Waals surface area contributed by atoms with Gasteiger partial charge in [0.15, 0.2) is 0 Å². The van der Waals surface area contributed by atoms with Gasteiger partial charge in [0.05, 0.1) is 5.69 Å². The molecule has 4 nitrogen and oxygen atoms in total. The van der Waals surface area contributed by atoms with Crippen LogP contribution in [0.25, 0.3) is 0 Å². The summed E-state index contributed by atoms with van der Waals surface area (Å²) >= 11 is 0. The molecule has 3 unspecified atom stereocenters. The Labute approximate surface area is 104 Å². The third kappa shape index (κ3) is 2.53. The predicted molar refractivity (Wildman–Crippen MR) is 69.7 cm³/mol. The van der Waals surface area contributed by atoms with E-state index >= 15 is 0 Å². The third-order valence-electron chi connectivity index (χ3n) is 4.05. The summed E-state index contributed by atoms with van der Waals surface area (Å²) in [6.45, 7) is 8.80. The highest BCUT2D eigenvalue weighted by Crippen LogP contribution is 2.27. The number of aromatic nitrogens is 2. The average molecular weight is 236 g/mol. The van der Waals surface area contributed by atoms with Gasteiger partial charge in [-0.15, -0.1) is 0 Å². The Morgan fingerprint density at radius 2 is 2.24 bits per heavy atom. The van der Waals surface area contributed by atoms with Crippen molar-refractivity contribution in [2.75, 3.05) is 13.1 Å². The molecule has 0 aromatic carbocycles. The van der Waals surface area contributed by atoms with Gasteiger partial charge in [0.25, 0.3) is 0 Å². The second-order valence-corrected chi connectivity index (χ2v) is 5.44. The molecule has 0 radical (unpaired) electrons. The minimum Gasteiger partial charge on any atom is -0.327 e. The maximum absolute atomic E-state index is 6.07. The molecule has 0 saturated carbocycles. The Hall–Kier alpha value is -0.870. The Kier molecular flexibility index (Phi) is 3.54. The topological polar surface area (TPSA) is 47.1 Å². The van der Waals surface area contributed by atoms with Crippen LogP contribution in [0.5, 0.6) is 0 Å². The van der Waals surface area contributed by atoms with Gasteiger partial charge in [-0.05, 0) is 26.2 Å². The van der Waals surface area contributed by atoms with Crippen LogP contribution in [0.1, 0.15) is 37.6 Å². The summed E-state index contributed by atoms with van der Waals surface area (Å²) in [5.41, 5.74) is 8.55. The molecule has 2 N–H and O–H groups in total. The number of rotatable bonds is 2. The highest BCUT2D eigenvalue weighted by molar-refractivity contribution is 5.19. The zero-order chi connectivity index (χ0) is 12.6. The number of nitrogens with two attached hydrogens (primary N) is 1. The van der Waals surface area contributed by atoms with Gasteiger partial charge < -0.3 is 5.73 Å². The third-order valence-corrected chi connectivity index (χ3v) is 4.05. The van der Waals surface area contributed by atoms with Crippen LogP contribution in [0.2, 0.25) is 0 Å². The monoisotopic (exact) mass is 236 g/mol. The first-order valence-corrected chi connectivity index (χ1v) is 6.48. The fraction of sp³-hybridized carbons (Fsp3) is 0.769. The quantitative estimate of drug-likeness (QED) is 0.845. The Bertz CT molecular complexity index is 385. The number of aryl methyl sites for hydroxylation is 2. The van der Waals surface area contributed by atoms with E-state index in [-0.39, 0.29) is 0 Å². The molecular weight excluding hydrogens is 212 g/mol. The van der Waals surface area contributed by atoms with Crippen LogP contribution < -0.4 is 5.73 Å². The van der Waals surface area contributed by atoms with Crippen LogP contribution in [0, 0.1) is 12.8 Å². The fourth-order valence-corrected chi connectivity index (χ4v) is 2.77. The summed E-state index contributed by atoms with van der Waals surface area (Å²) in [7, 11) is 1.98. The fourth-order valence-electron chi connectivity index (χ4n) is 2.77. The maximum Gasteiger partial charge on any atom is 0.0641 e. The van der Waals surface area contributed by atoms with Gasteiger partial charge in [0.2, 0.25) is 0 Å². The summed E-state index contributed by atoms with van der Waals surface area (Å²) < 4.78 is 1.90. The first-order chi connectivity index (χ1) is 7.99. The van der Waals surface area contributed by atoms with Crippen molar-refractivity contribution >= 4 is 0 Å². The van der Waals surface area contributed by atoms with Gasteiger partial charge in [0.1, 0.15) is 0 Å². The SMILES string of the molecule is Cc1nn(C)cc1C(C)N1CCC(N)C(C)C1. The van der Waals surface area contributed by atoms with Crippen LogP contribution in [-0.4, -0.2) is 33.8 Å². The molecule has 1 aromatic rings. The lowest BCUT2D eigenvalue weighted by atomic mass is 9.93. The van der Waals surface area contributed by atoms with Gasteiger partial charge in [-0.2, -0.15) is 5.10 Å². The maximum atomic E-state index is 6.07. The molecule has 1 aliphatic rings. The van der Waals surface area contributed by atoms with Gasteiger partial charge in [0, 0.05) is 44.0 Å².